The molecule has 1 aromatic heterocycles. The Morgan fingerprint density at radius 1 is 1.56 bits per heavy atom. The molecule has 90 valence electrons. The van der Waals surface area contributed by atoms with Crippen LogP contribution in [-0.2, 0) is 18.4 Å². The zero-order chi connectivity index (χ0) is 12.0. The first-order valence-electron chi connectivity index (χ1n) is 5.60. The quantitative estimate of drug-likeness (QED) is 0.685. The van der Waals surface area contributed by atoms with Gasteiger partial charge < -0.3 is 10.6 Å². The summed E-state index contributed by atoms with van der Waals surface area (Å²) in [6.07, 6.45) is 2.38. The lowest BCUT2D eigenvalue weighted by atomic mass is 10.2. The smallest absolute Gasteiger partial charge is 0.221 e. The number of aryl methyl sites for hydroxylation is 1. The standard InChI is InChI=1S/C11H20N4O/c1-4-13-11(16)5-6-12-7-10-8-14-15(3)9(10)2/h8,12H,4-7H2,1-3H3,(H,13,16). The van der Waals surface area contributed by atoms with E-state index in [1.165, 1.54) is 5.56 Å². The van der Waals surface area contributed by atoms with E-state index in [2.05, 4.69) is 15.7 Å². The molecule has 0 atom stereocenters. The van der Waals surface area contributed by atoms with E-state index < -0.39 is 0 Å². The van der Waals surface area contributed by atoms with E-state index >= 15 is 0 Å². The van der Waals surface area contributed by atoms with Gasteiger partial charge in [0, 0.05) is 44.4 Å². The van der Waals surface area contributed by atoms with Crippen molar-refractivity contribution in [1.29, 1.82) is 0 Å². The van der Waals surface area contributed by atoms with Gasteiger partial charge in [-0.1, -0.05) is 0 Å². The van der Waals surface area contributed by atoms with Crippen molar-refractivity contribution >= 4 is 5.91 Å². The van der Waals surface area contributed by atoms with E-state index in [9.17, 15) is 4.79 Å². The van der Waals surface area contributed by atoms with Gasteiger partial charge in [0.1, 0.15) is 0 Å². The number of hydrogen-bond acceptors (Lipinski definition) is 3. The summed E-state index contributed by atoms with van der Waals surface area (Å²) in [5, 5.41) is 10.2. The third-order valence-corrected chi connectivity index (χ3v) is 2.56. The highest BCUT2D eigenvalue weighted by atomic mass is 16.1. The maximum absolute atomic E-state index is 11.2. The molecule has 0 aliphatic carbocycles. The zero-order valence-corrected chi connectivity index (χ0v) is 10.2. The molecule has 0 unspecified atom stereocenters. The van der Waals surface area contributed by atoms with Crippen LogP contribution in [0.3, 0.4) is 0 Å². The molecule has 0 aromatic carbocycles. The van der Waals surface area contributed by atoms with Crippen molar-refractivity contribution < 1.29 is 4.79 Å². The Kier molecular flexibility index (Phi) is 4.98. The van der Waals surface area contributed by atoms with Crippen LogP contribution in [0.2, 0.25) is 0 Å². The summed E-state index contributed by atoms with van der Waals surface area (Å²) >= 11 is 0. The lowest BCUT2D eigenvalue weighted by molar-refractivity contribution is -0.120. The van der Waals surface area contributed by atoms with Crippen molar-refractivity contribution in [3.63, 3.8) is 0 Å². The fraction of sp³-hybridized carbons (Fsp3) is 0.636. The molecule has 5 nitrogen and oxygen atoms in total. The number of aromatic nitrogens is 2. The van der Waals surface area contributed by atoms with Crippen molar-refractivity contribution in [2.75, 3.05) is 13.1 Å². The van der Waals surface area contributed by atoms with Gasteiger partial charge in [0.25, 0.3) is 0 Å². The summed E-state index contributed by atoms with van der Waals surface area (Å²) in [4.78, 5) is 11.2. The van der Waals surface area contributed by atoms with Crippen LogP contribution in [-0.4, -0.2) is 28.8 Å². The molecular weight excluding hydrogens is 204 g/mol. The Labute approximate surface area is 96.2 Å². The molecule has 1 amide bonds. The van der Waals surface area contributed by atoms with Crippen molar-refractivity contribution in [2.24, 2.45) is 7.05 Å². The highest BCUT2D eigenvalue weighted by Crippen LogP contribution is 2.04. The number of carbonyl (C=O) groups is 1. The molecule has 0 aliphatic heterocycles. The molecular formula is C11H20N4O. The fourth-order valence-corrected chi connectivity index (χ4v) is 1.43. The first-order chi connectivity index (χ1) is 7.65. The lowest BCUT2D eigenvalue weighted by Crippen LogP contribution is -2.27. The van der Waals surface area contributed by atoms with Gasteiger partial charge in [0.05, 0.1) is 6.20 Å². The van der Waals surface area contributed by atoms with E-state index in [1.807, 2.05) is 31.8 Å². The topological polar surface area (TPSA) is 59.0 Å². The van der Waals surface area contributed by atoms with Crippen LogP contribution in [0.15, 0.2) is 6.20 Å². The molecule has 0 radical (unpaired) electrons. The molecule has 0 saturated heterocycles. The van der Waals surface area contributed by atoms with Gasteiger partial charge in [-0.05, 0) is 13.8 Å². The Morgan fingerprint density at radius 3 is 2.88 bits per heavy atom. The monoisotopic (exact) mass is 224 g/mol. The molecule has 16 heavy (non-hydrogen) atoms. The number of hydrogen-bond donors (Lipinski definition) is 2. The zero-order valence-electron chi connectivity index (χ0n) is 10.2. The minimum absolute atomic E-state index is 0.0953. The number of nitrogens with zero attached hydrogens (tertiary/aromatic N) is 2. The average Bonchev–Trinajstić information content (AvgIpc) is 2.56. The summed E-state index contributed by atoms with van der Waals surface area (Å²) in [5.74, 6) is 0.0953. The second-order valence-corrected chi connectivity index (χ2v) is 3.76. The summed E-state index contributed by atoms with van der Waals surface area (Å²) in [7, 11) is 1.92. The summed E-state index contributed by atoms with van der Waals surface area (Å²) in [6.45, 7) is 6.11. The minimum atomic E-state index is 0.0953. The molecule has 1 aromatic rings. The Bertz CT molecular complexity index is 346. The van der Waals surface area contributed by atoms with Gasteiger partial charge in [-0.15, -0.1) is 0 Å². The second kappa shape index (κ2) is 6.27. The highest BCUT2D eigenvalue weighted by molar-refractivity contribution is 5.75. The molecule has 0 aliphatic rings. The van der Waals surface area contributed by atoms with Gasteiger partial charge >= 0.3 is 0 Å². The van der Waals surface area contributed by atoms with Crippen LogP contribution >= 0.6 is 0 Å². The molecule has 1 heterocycles. The van der Waals surface area contributed by atoms with E-state index in [0.717, 1.165) is 12.2 Å². The van der Waals surface area contributed by atoms with Gasteiger partial charge in [0.2, 0.25) is 5.91 Å². The van der Waals surface area contributed by atoms with E-state index in [-0.39, 0.29) is 5.91 Å². The van der Waals surface area contributed by atoms with Crippen molar-refractivity contribution in [3.05, 3.63) is 17.5 Å². The number of carbonyl (C=O) groups excluding carboxylic acids is 1. The highest BCUT2D eigenvalue weighted by Gasteiger charge is 2.03. The van der Waals surface area contributed by atoms with Gasteiger partial charge in [-0.2, -0.15) is 5.10 Å². The molecule has 0 bridgehead atoms. The predicted molar refractivity (Wildman–Crippen MR) is 63.0 cm³/mol. The lowest BCUT2D eigenvalue weighted by Gasteiger charge is -2.04. The minimum Gasteiger partial charge on any atom is -0.356 e. The molecule has 0 spiro atoms. The normalized spacial score (nSPS) is 10.4. The predicted octanol–water partition coefficient (Wildman–Crippen LogP) is 0.344. The third kappa shape index (κ3) is 3.66. The molecule has 0 saturated carbocycles. The maximum Gasteiger partial charge on any atom is 0.221 e. The van der Waals surface area contributed by atoms with E-state index in [4.69, 9.17) is 0 Å². The number of nitrogens with one attached hydrogen (secondary N) is 2. The van der Waals surface area contributed by atoms with Crippen LogP contribution in [0.4, 0.5) is 0 Å². The summed E-state index contributed by atoms with van der Waals surface area (Å²) in [5.41, 5.74) is 2.34. The number of amides is 1. The van der Waals surface area contributed by atoms with Gasteiger partial charge in [-0.3, -0.25) is 9.48 Å². The van der Waals surface area contributed by atoms with Gasteiger partial charge in [0.15, 0.2) is 0 Å². The molecule has 0 fully saturated rings. The Balaban J connectivity index is 2.21. The Hall–Kier alpha value is -1.36. The van der Waals surface area contributed by atoms with Crippen molar-refractivity contribution in [3.8, 4) is 0 Å². The van der Waals surface area contributed by atoms with Crippen molar-refractivity contribution in [2.45, 2.75) is 26.8 Å². The number of rotatable bonds is 6. The first kappa shape index (κ1) is 12.7. The van der Waals surface area contributed by atoms with Gasteiger partial charge in [-0.25, -0.2) is 0 Å². The largest absolute Gasteiger partial charge is 0.356 e. The first-order valence-corrected chi connectivity index (χ1v) is 5.60. The SMILES string of the molecule is CCNC(=O)CCNCc1cnn(C)c1C. The summed E-state index contributed by atoms with van der Waals surface area (Å²) in [6, 6.07) is 0. The van der Waals surface area contributed by atoms with Crippen molar-refractivity contribution in [1.82, 2.24) is 20.4 Å². The summed E-state index contributed by atoms with van der Waals surface area (Å²) < 4.78 is 1.85. The third-order valence-electron chi connectivity index (χ3n) is 2.56. The Morgan fingerprint density at radius 2 is 2.31 bits per heavy atom. The second-order valence-electron chi connectivity index (χ2n) is 3.76. The maximum atomic E-state index is 11.2. The van der Waals surface area contributed by atoms with E-state index in [0.29, 0.717) is 19.5 Å². The van der Waals surface area contributed by atoms with Crippen LogP contribution in [0, 0.1) is 6.92 Å². The van der Waals surface area contributed by atoms with E-state index in [1.54, 1.807) is 0 Å². The molecule has 5 heteroatoms. The molecule has 2 N–H and O–H groups in total. The van der Waals surface area contributed by atoms with Crippen LogP contribution in [0.5, 0.6) is 0 Å². The van der Waals surface area contributed by atoms with Crippen LogP contribution < -0.4 is 10.6 Å². The molecule has 1 rings (SSSR count). The van der Waals surface area contributed by atoms with Crippen LogP contribution in [0.1, 0.15) is 24.6 Å². The van der Waals surface area contributed by atoms with Crippen LogP contribution in [0.25, 0.3) is 0 Å². The average molecular weight is 224 g/mol. The fourth-order valence-electron chi connectivity index (χ4n) is 1.43.